The fourth-order valence-corrected chi connectivity index (χ4v) is 5.91. The number of hydrogen-bond acceptors (Lipinski definition) is 5. The van der Waals surface area contributed by atoms with Gasteiger partial charge in [-0.1, -0.05) is 18.2 Å². The average Bonchev–Trinajstić information content (AvgIpc) is 3.28. The van der Waals surface area contributed by atoms with E-state index >= 15 is 0 Å². The van der Waals surface area contributed by atoms with Gasteiger partial charge in [0.05, 0.1) is 29.2 Å². The molecule has 2 fully saturated rings. The van der Waals surface area contributed by atoms with Crippen molar-refractivity contribution in [2.45, 2.75) is 70.1 Å². The number of hydrogen-bond donors (Lipinski definition) is 0. The molecule has 1 aromatic heterocycles. The third kappa shape index (κ3) is 6.62. The highest BCUT2D eigenvalue weighted by Crippen LogP contribution is 2.37. The van der Waals surface area contributed by atoms with Crippen molar-refractivity contribution in [1.82, 2.24) is 14.4 Å². The van der Waals surface area contributed by atoms with Gasteiger partial charge in [-0.3, -0.25) is 14.5 Å². The first-order chi connectivity index (χ1) is 20.4. The Bertz CT molecular complexity index is 1570. The zero-order chi connectivity index (χ0) is 32.2. The third-order valence-corrected chi connectivity index (χ3v) is 7.85. The number of rotatable bonds is 3. The maximum atomic E-state index is 13.9. The third-order valence-electron chi connectivity index (χ3n) is 7.85. The van der Waals surface area contributed by atoms with Crippen molar-refractivity contribution in [3.8, 4) is 0 Å². The van der Waals surface area contributed by atoms with Crippen LogP contribution >= 0.6 is 0 Å². The van der Waals surface area contributed by atoms with E-state index in [1.54, 1.807) is 51.1 Å². The lowest BCUT2D eigenvalue weighted by Gasteiger charge is -2.48. The van der Waals surface area contributed by atoms with E-state index in [0.29, 0.717) is 35.2 Å². The monoisotopic (exact) mass is 623 g/mol. The molecule has 2 atom stereocenters. The number of carbonyl (C=O) groups excluding carboxylic acids is 3. The number of benzene rings is 2. The predicted molar refractivity (Wildman–Crippen MR) is 148 cm³/mol. The van der Waals surface area contributed by atoms with E-state index in [2.05, 4.69) is 0 Å². The maximum absolute atomic E-state index is 13.9. The molecule has 44 heavy (non-hydrogen) atoms. The molecule has 3 aromatic rings. The molecule has 2 saturated heterocycles. The largest absolute Gasteiger partial charge is 0.443 e. The van der Waals surface area contributed by atoms with E-state index in [4.69, 9.17) is 4.74 Å². The van der Waals surface area contributed by atoms with Gasteiger partial charge in [0.2, 0.25) is 0 Å². The highest BCUT2D eigenvalue weighted by molar-refractivity contribution is 5.95. The molecule has 7 nitrogen and oxygen atoms in total. The number of Topliss-reactive ketones (excluding diaryl/α,β-unsaturated/α-hetero) is 1. The summed E-state index contributed by atoms with van der Waals surface area (Å²) < 4.78 is 88.7. The molecule has 2 aliphatic rings. The molecule has 2 unspecified atom stereocenters. The summed E-state index contributed by atoms with van der Waals surface area (Å²) in [7, 11) is 0. The number of fused-ring (bicyclic) bond motifs is 2. The topological polar surface area (TPSA) is 71.8 Å². The van der Waals surface area contributed by atoms with Crippen LogP contribution in [0.25, 0.3) is 10.9 Å². The molecule has 0 bridgehead atoms. The lowest BCUT2D eigenvalue weighted by molar-refractivity contribution is -0.143. The normalized spacial score (nSPS) is 20.1. The molecule has 3 heterocycles. The summed E-state index contributed by atoms with van der Waals surface area (Å²) in [5, 5.41) is 0.695. The summed E-state index contributed by atoms with van der Waals surface area (Å²) in [5.74, 6) is -1.00. The number of para-hydroxylation sites is 1. The first kappa shape index (κ1) is 31.6. The maximum Gasteiger partial charge on any atom is 0.419 e. The van der Waals surface area contributed by atoms with E-state index < -0.39 is 52.7 Å². The van der Waals surface area contributed by atoms with Gasteiger partial charge in [-0.2, -0.15) is 26.3 Å². The smallest absolute Gasteiger partial charge is 0.419 e. The Morgan fingerprint density at radius 1 is 0.909 bits per heavy atom. The lowest BCUT2D eigenvalue weighted by Crippen LogP contribution is -2.62. The van der Waals surface area contributed by atoms with Crippen molar-refractivity contribution in [1.29, 1.82) is 0 Å². The first-order valence-corrected chi connectivity index (χ1v) is 14.1. The van der Waals surface area contributed by atoms with Crippen LogP contribution in [0.15, 0.2) is 48.5 Å². The summed E-state index contributed by atoms with van der Waals surface area (Å²) in [6.45, 7) is 5.34. The second-order valence-corrected chi connectivity index (χ2v) is 12.3. The molecule has 1 amide bonds. The number of alkyl halides is 6. The van der Waals surface area contributed by atoms with Crippen molar-refractivity contribution in [2.75, 3.05) is 19.6 Å². The van der Waals surface area contributed by atoms with Gasteiger partial charge in [-0.25, -0.2) is 9.36 Å². The molecule has 0 aliphatic carbocycles. The van der Waals surface area contributed by atoms with E-state index in [1.165, 1.54) is 9.47 Å². The molecule has 2 aromatic carbocycles. The van der Waals surface area contributed by atoms with Gasteiger partial charge in [-0.15, -0.1) is 0 Å². The van der Waals surface area contributed by atoms with Crippen LogP contribution in [-0.2, 0) is 28.3 Å². The molecule has 0 saturated carbocycles. The fraction of sp³-hybridized carbons (Fsp3) is 0.452. The number of piperazine rings is 1. The Kier molecular flexibility index (Phi) is 8.06. The van der Waals surface area contributed by atoms with Crippen molar-refractivity contribution in [2.24, 2.45) is 0 Å². The van der Waals surface area contributed by atoms with Crippen LogP contribution < -0.4 is 0 Å². The van der Waals surface area contributed by atoms with Gasteiger partial charge in [0, 0.05) is 48.6 Å². The van der Waals surface area contributed by atoms with E-state index in [9.17, 15) is 40.7 Å². The molecule has 0 radical (unpaired) electrons. The second-order valence-electron chi connectivity index (χ2n) is 12.3. The van der Waals surface area contributed by atoms with Crippen molar-refractivity contribution < 1.29 is 45.5 Å². The number of ketones is 1. The summed E-state index contributed by atoms with van der Waals surface area (Å²) >= 11 is 0. The predicted octanol–water partition coefficient (Wildman–Crippen LogP) is 6.56. The highest BCUT2D eigenvalue weighted by Gasteiger charge is 2.42. The molecule has 5 rings (SSSR count). The number of carbonyl (C=O) groups is 3. The first-order valence-electron chi connectivity index (χ1n) is 14.1. The van der Waals surface area contributed by atoms with Crippen LogP contribution in [0, 0.1) is 0 Å². The number of piperidine rings is 1. The summed E-state index contributed by atoms with van der Waals surface area (Å²) in [6, 6.07) is 8.50. The van der Waals surface area contributed by atoms with Gasteiger partial charge in [-0.05, 0) is 57.5 Å². The molecule has 13 heteroatoms. The Labute approximate surface area is 249 Å². The molecule has 0 N–H and O–H groups in total. The van der Waals surface area contributed by atoms with E-state index in [1.807, 2.05) is 4.90 Å². The average molecular weight is 624 g/mol. The summed E-state index contributed by atoms with van der Waals surface area (Å²) in [6.07, 6.45) is -10.3. The molecular formula is C31H31F6N3O4. The van der Waals surface area contributed by atoms with Gasteiger partial charge >= 0.3 is 18.4 Å². The van der Waals surface area contributed by atoms with Crippen molar-refractivity contribution in [3.63, 3.8) is 0 Å². The minimum Gasteiger partial charge on any atom is -0.443 e. The van der Waals surface area contributed by atoms with Crippen molar-refractivity contribution in [3.05, 3.63) is 70.9 Å². The zero-order valence-electron chi connectivity index (χ0n) is 24.3. The number of nitrogens with zero attached hydrogens (tertiary/aromatic N) is 3. The summed E-state index contributed by atoms with van der Waals surface area (Å²) in [4.78, 5) is 42.7. The zero-order valence-corrected chi connectivity index (χ0v) is 24.3. The van der Waals surface area contributed by atoms with E-state index in [0.717, 1.165) is 0 Å². The number of halogens is 6. The van der Waals surface area contributed by atoms with Crippen molar-refractivity contribution >= 4 is 28.7 Å². The molecule has 0 spiro atoms. The van der Waals surface area contributed by atoms with Crippen LogP contribution in [0.3, 0.4) is 0 Å². The number of aromatic nitrogens is 1. The SMILES string of the molecule is CC(C)(C)OC(=O)n1c(CC2CN3CC(=O)CCC3CN2C(=O)c2cc(C(F)(F)F)cc(C(F)(F)F)c2)cc2ccccc21. The van der Waals surface area contributed by atoms with Crippen LogP contribution in [0.5, 0.6) is 0 Å². The quantitative estimate of drug-likeness (QED) is 0.309. The van der Waals surface area contributed by atoms with E-state index in [-0.39, 0.29) is 50.4 Å². The Hall–Kier alpha value is -3.87. The molecular weight excluding hydrogens is 592 g/mol. The standard InChI is InChI=1S/C31H31F6N3O4/c1-29(2,3)44-28(43)40-23(12-18-6-4-5-7-26(18)40)14-24-15-38-17-25(41)9-8-22(38)16-39(24)27(42)19-10-20(30(32,33)34)13-21(11-19)31(35,36)37/h4-7,10-13,22,24H,8-9,14-17H2,1-3H3. The van der Waals surface area contributed by atoms with Gasteiger partial charge in [0.25, 0.3) is 5.91 Å². The Morgan fingerprint density at radius 3 is 2.16 bits per heavy atom. The van der Waals surface area contributed by atoms with Gasteiger partial charge in [0.15, 0.2) is 0 Å². The van der Waals surface area contributed by atoms with Crippen LogP contribution in [0.4, 0.5) is 31.1 Å². The minimum absolute atomic E-state index is 0.00431. The van der Waals surface area contributed by atoms with Gasteiger partial charge < -0.3 is 9.64 Å². The molecule has 2 aliphatic heterocycles. The molecule has 236 valence electrons. The minimum atomic E-state index is -5.12. The van der Waals surface area contributed by atoms with Crippen LogP contribution in [-0.4, -0.2) is 69.5 Å². The van der Waals surface area contributed by atoms with Crippen LogP contribution in [0.2, 0.25) is 0 Å². The Morgan fingerprint density at radius 2 is 1.55 bits per heavy atom. The number of amides is 1. The van der Waals surface area contributed by atoms with Crippen LogP contribution in [0.1, 0.15) is 60.8 Å². The van der Waals surface area contributed by atoms with Gasteiger partial charge in [0.1, 0.15) is 11.4 Å². The Balaban J connectivity index is 1.57. The lowest BCUT2D eigenvalue weighted by atomic mass is 9.93. The second kappa shape index (κ2) is 11.2. The summed E-state index contributed by atoms with van der Waals surface area (Å²) in [5.41, 5.74) is -3.79. The fourth-order valence-electron chi connectivity index (χ4n) is 5.91. The highest BCUT2D eigenvalue weighted by atomic mass is 19.4. The number of ether oxygens (including phenoxy) is 1.